The van der Waals surface area contributed by atoms with Crippen LogP contribution in [0.3, 0.4) is 0 Å². The molecule has 1 unspecified atom stereocenters. The Morgan fingerprint density at radius 2 is 1.82 bits per heavy atom. The van der Waals surface area contributed by atoms with Crippen LogP contribution in [0.15, 0.2) is 47.6 Å². The van der Waals surface area contributed by atoms with Crippen molar-refractivity contribution < 1.29 is 18.3 Å². The molecule has 0 aromatic heterocycles. The average Bonchev–Trinajstić information content (AvgIpc) is 2.24. The van der Waals surface area contributed by atoms with Crippen LogP contribution >= 0.6 is 0 Å². The van der Waals surface area contributed by atoms with E-state index >= 15 is 0 Å². The third kappa shape index (κ3) is 3.71. The second kappa shape index (κ2) is 5.14. The number of hydrogen-bond donors (Lipinski definition) is 1. The quantitative estimate of drug-likeness (QED) is 0.813. The fraction of sp³-hybridized carbons (Fsp3) is 0.250. The summed E-state index contributed by atoms with van der Waals surface area (Å²) in [7, 11) is 0. The highest BCUT2D eigenvalue weighted by Crippen LogP contribution is 2.24. The standard InChI is InChI=1S/C12H12F3NO/c1-8(2)16-10(11(17)12(13,14)15)9-6-4-3-5-7-9/h3-7,11,17H,1H2,2H3. The van der Waals surface area contributed by atoms with Crippen molar-refractivity contribution in [2.24, 2.45) is 4.99 Å². The van der Waals surface area contributed by atoms with E-state index < -0.39 is 18.0 Å². The van der Waals surface area contributed by atoms with Gasteiger partial charge in [0, 0.05) is 5.70 Å². The number of allylic oxidation sites excluding steroid dienone is 1. The van der Waals surface area contributed by atoms with Crippen molar-refractivity contribution in [1.82, 2.24) is 0 Å². The van der Waals surface area contributed by atoms with Gasteiger partial charge in [-0.3, -0.25) is 4.99 Å². The molecule has 0 saturated heterocycles. The Morgan fingerprint density at radius 3 is 2.24 bits per heavy atom. The SMILES string of the molecule is C=C(C)N=C(c1ccccc1)C(O)C(F)(F)F. The van der Waals surface area contributed by atoms with Crippen LogP contribution in [0.5, 0.6) is 0 Å². The summed E-state index contributed by atoms with van der Waals surface area (Å²) in [6.07, 6.45) is -7.36. The first kappa shape index (κ1) is 13.4. The minimum atomic E-state index is -4.75. The highest BCUT2D eigenvalue weighted by Gasteiger charge is 2.42. The molecule has 0 heterocycles. The van der Waals surface area contributed by atoms with Crippen LogP contribution in [-0.4, -0.2) is 23.1 Å². The Labute approximate surface area is 97.1 Å². The lowest BCUT2D eigenvalue weighted by Gasteiger charge is -2.17. The number of halogens is 3. The number of benzene rings is 1. The Balaban J connectivity index is 3.20. The van der Waals surface area contributed by atoms with Crippen LogP contribution < -0.4 is 0 Å². The van der Waals surface area contributed by atoms with Gasteiger partial charge in [-0.2, -0.15) is 13.2 Å². The van der Waals surface area contributed by atoms with Gasteiger partial charge in [0.25, 0.3) is 0 Å². The lowest BCUT2D eigenvalue weighted by atomic mass is 10.0. The van der Waals surface area contributed by atoms with Gasteiger partial charge in [-0.15, -0.1) is 0 Å². The van der Waals surface area contributed by atoms with E-state index in [9.17, 15) is 18.3 Å². The molecule has 1 aromatic rings. The van der Waals surface area contributed by atoms with Gasteiger partial charge in [-0.1, -0.05) is 36.9 Å². The van der Waals surface area contributed by atoms with E-state index in [4.69, 9.17) is 0 Å². The summed E-state index contributed by atoms with van der Waals surface area (Å²) < 4.78 is 37.4. The normalized spacial score (nSPS) is 14.5. The molecule has 1 atom stereocenters. The molecule has 5 heteroatoms. The summed E-state index contributed by atoms with van der Waals surface area (Å²) >= 11 is 0. The number of nitrogens with zero attached hydrogens (tertiary/aromatic N) is 1. The number of aliphatic hydroxyl groups is 1. The molecule has 0 spiro atoms. The fourth-order valence-electron chi connectivity index (χ4n) is 1.25. The van der Waals surface area contributed by atoms with Crippen LogP contribution in [0.2, 0.25) is 0 Å². The second-order valence-electron chi connectivity index (χ2n) is 3.54. The lowest BCUT2D eigenvalue weighted by molar-refractivity contribution is -0.180. The van der Waals surface area contributed by atoms with Gasteiger partial charge in [0.2, 0.25) is 0 Å². The molecule has 1 aromatic carbocycles. The summed E-state index contributed by atoms with van der Waals surface area (Å²) in [5, 5.41) is 9.25. The van der Waals surface area contributed by atoms with Gasteiger partial charge >= 0.3 is 6.18 Å². The molecule has 1 rings (SSSR count). The summed E-state index contributed by atoms with van der Waals surface area (Å²) in [6, 6.07) is 7.73. The maximum Gasteiger partial charge on any atom is 0.420 e. The van der Waals surface area contributed by atoms with Crippen molar-refractivity contribution in [2.45, 2.75) is 19.2 Å². The summed E-state index contributed by atoms with van der Waals surface area (Å²) in [6.45, 7) is 4.88. The first-order valence-corrected chi connectivity index (χ1v) is 4.86. The fourth-order valence-corrected chi connectivity index (χ4v) is 1.25. The number of rotatable bonds is 3. The highest BCUT2D eigenvalue weighted by molar-refractivity contribution is 6.04. The highest BCUT2D eigenvalue weighted by atomic mass is 19.4. The lowest BCUT2D eigenvalue weighted by Crippen LogP contribution is -2.37. The zero-order valence-electron chi connectivity index (χ0n) is 9.20. The van der Waals surface area contributed by atoms with Gasteiger partial charge in [0.05, 0.1) is 5.71 Å². The molecule has 0 aliphatic rings. The van der Waals surface area contributed by atoms with E-state index in [-0.39, 0.29) is 11.3 Å². The molecular weight excluding hydrogens is 231 g/mol. The van der Waals surface area contributed by atoms with E-state index in [1.165, 1.54) is 19.1 Å². The predicted octanol–water partition coefficient (Wildman–Crippen LogP) is 2.93. The van der Waals surface area contributed by atoms with Crippen LogP contribution in [0, 0.1) is 0 Å². The minimum absolute atomic E-state index is 0.201. The molecule has 0 aliphatic carbocycles. The van der Waals surface area contributed by atoms with Crippen molar-refractivity contribution in [3.8, 4) is 0 Å². The maximum absolute atomic E-state index is 12.5. The Bertz CT molecular complexity index is 423. The van der Waals surface area contributed by atoms with Crippen LogP contribution in [0.4, 0.5) is 13.2 Å². The number of aliphatic hydroxyl groups excluding tert-OH is 1. The molecule has 0 aliphatic heterocycles. The summed E-state index contributed by atoms with van der Waals surface area (Å²) in [5.41, 5.74) is -0.0157. The van der Waals surface area contributed by atoms with Gasteiger partial charge in [-0.25, -0.2) is 0 Å². The van der Waals surface area contributed by atoms with E-state index in [1.54, 1.807) is 18.2 Å². The van der Waals surface area contributed by atoms with E-state index in [2.05, 4.69) is 11.6 Å². The molecule has 2 nitrogen and oxygen atoms in total. The van der Waals surface area contributed by atoms with Crippen molar-refractivity contribution in [2.75, 3.05) is 0 Å². The molecule has 0 bridgehead atoms. The second-order valence-corrected chi connectivity index (χ2v) is 3.54. The molecule has 17 heavy (non-hydrogen) atoms. The number of hydrogen-bond acceptors (Lipinski definition) is 2. The largest absolute Gasteiger partial charge is 0.420 e. The van der Waals surface area contributed by atoms with E-state index in [0.29, 0.717) is 0 Å². The zero-order valence-corrected chi connectivity index (χ0v) is 9.20. The molecule has 0 radical (unpaired) electrons. The van der Waals surface area contributed by atoms with Gasteiger partial charge in [0.1, 0.15) is 0 Å². The maximum atomic E-state index is 12.5. The van der Waals surface area contributed by atoms with Crippen molar-refractivity contribution in [3.63, 3.8) is 0 Å². The number of alkyl halides is 3. The van der Waals surface area contributed by atoms with E-state index in [1.807, 2.05) is 0 Å². The van der Waals surface area contributed by atoms with Crippen LogP contribution in [0.25, 0.3) is 0 Å². The molecule has 92 valence electrons. The van der Waals surface area contributed by atoms with E-state index in [0.717, 1.165) is 0 Å². The third-order valence-electron chi connectivity index (χ3n) is 1.95. The third-order valence-corrected chi connectivity index (χ3v) is 1.95. The van der Waals surface area contributed by atoms with Crippen molar-refractivity contribution in [3.05, 3.63) is 48.2 Å². The minimum Gasteiger partial charge on any atom is -0.378 e. The van der Waals surface area contributed by atoms with Crippen molar-refractivity contribution in [1.29, 1.82) is 0 Å². The molecule has 0 fully saturated rings. The molecular formula is C12H12F3NO. The monoisotopic (exact) mass is 243 g/mol. The first-order valence-electron chi connectivity index (χ1n) is 4.86. The molecule has 0 amide bonds. The predicted molar refractivity (Wildman–Crippen MR) is 59.9 cm³/mol. The number of aliphatic imine (C=N–C) groups is 1. The Morgan fingerprint density at radius 1 is 1.29 bits per heavy atom. The Hall–Kier alpha value is -1.62. The topological polar surface area (TPSA) is 32.6 Å². The van der Waals surface area contributed by atoms with Gasteiger partial charge < -0.3 is 5.11 Å². The van der Waals surface area contributed by atoms with Gasteiger partial charge in [0.15, 0.2) is 6.10 Å². The average molecular weight is 243 g/mol. The van der Waals surface area contributed by atoms with Crippen molar-refractivity contribution >= 4 is 5.71 Å². The first-order chi connectivity index (χ1) is 7.82. The smallest absolute Gasteiger partial charge is 0.378 e. The van der Waals surface area contributed by atoms with Crippen LogP contribution in [0.1, 0.15) is 12.5 Å². The summed E-state index contributed by atoms with van der Waals surface area (Å²) in [4.78, 5) is 3.67. The molecule has 0 saturated carbocycles. The Kier molecular flexibility index (Phi) is 4.07. The van der Waals surface area contributed by atoms with Gasteiger partial charge in [-0.05, 0) is 12.5 Å². The van der Waals surface area contributed by atoms with Crippen LogP contribution in [-0.2, 0) is 0 Å². The summed E-state index contributed by atoms with van der Waals surface area (Å²) in [5.74, 6) is 0. The zero-order chi connectivity index (χ0) is 13.1. The molecule has 1 N–H and O–H groups in total.